The zero-order valence-corrected chi connectivity index (χ0v) is 14.1. The second-order valence-corrected chi connectivity index (χ2v) is 5.46. The Morgan fingerprint density at radius 1 is 1.39 bits per heavy atom. The second-order valence-electron chi connectivity index (χ2n) is 3.86. The largest absolute Gasteiger partial charge is 0.355 e. The normalized spacial score (nSPS) is 14.1. The Morgan fingerprint density at radius 3 is 2.72 bits per heavy atom. The number of benzene rings is 1. The van der Waals surface area contributed by atoms with Crippen LogP contribution in [0.2, 0.25) is 5.02 Å². The first-order chi connectivity index (χ1) is 8.25. The van der Waals surface area contributed by atoms with Gasteiger partial charge in [0.15, 0.2) is 5.96 Å². The van der Waals surface area contributed by atoms with Gasteiger partial charge in [0.05, 0.1) is 6.54 Å². The number of guanidine groups is 1. The summed E-state index contributed by atoms with van der Waals surface area (Å²) in [4.78, 5) is 7.77. The molecule has 1 aromatic rings. The van der Waals surface area contributed by atoms with E-state index in [9.17, 15) is 0 Å². The Balaban J connectivity index is 0.00000162. The van der Waals surface area contributed by atoms with E-state index in [0.717, 1.165) is 36.4 Å². The van der Waals surface area contributed by atoms with Crippen molar-refractivity contribution in [3.8, 4) is 0 Å². The van der Waals surface area contributed by atoms with Crippen molar-refractivity contribution in [3.63, 3.8) is 0 Å². The molecule has 1 aliphatic rings. The predicted octanol–water partition coefficient (Wildman–Crippen LogP) is 2.94. The molecule has 6 heteroatoms. The maximum Gasteiger partial charge on any atom is 0.193 e. The van der Waals surface area contributed by atoms with Gasteiger partial charge in [0.2, 0.25) is 0 Å². The summed E-state index contributed by atoms with van der Waals surface area (Å²) in [7, 11) is 2.06. The van der Waals surface area contributed by atoms with E-state index in [1.807, 2.05) is 36.0 Å². The van der Waals surface area contributed by atoms with Crippen molar-refractivity contribution >= 4 is 53.3 Å². The third kappa shape index (κ3) is 4.85. The monoisotopic (exact) mass is 397 g/mol. The number of thioether (sulfide) groups is 1. The standard InChI is InChI=1S/C12H16ClN3S.HI/c1-16-8-6-14-12(16)15-7-9-17-11-4-2-10(13)3-5-11;/h2-5H,6-9H2,1H3,(H,14,15);1H. The van der Waals surface area contributed by atoms with Gasteiger partial charge in [0.1, 0.15) is 0 Å². The zero-order valence-electron chi connectivity index (χ0n) is 10.2. The number of rotatable bonds is 4. The highest BCUT2D eigenvalue weighted by Crippen LogP contribution is 2.19. The van der Waals surface area contributed by atoms with Gasteiger partial charge in [-0.3, -0.25) is 4.99 Å². The number of hydrogen-bond donors (Lipinski definition) is 1. The molecular formula is C12H17ClIN3S. The Labute approximate surface area is 134 Å². The van der Waals surface area contributed by atoms with E-state index in [0.29, 0.717) is 0 Å². The lowest BCUT2D eigenvalue weighted by Crippen LogP contribution is -2.36. The fourth-order valence-corrected chi connectivity index (χ4v) is 2.48. The number of aliphatic imine (C=N–C) groups is 1. The van der Waals surface area contributed by atoms with Gasteiger partial charge in [-0.25, -0.2) is 0 Å². The van der Waals surface area contributed by atoms with Crippen LogP contribution in [0.4, 0.5) is 0 Å². The fraction of sp³-hybridized carbons (Fsp3) is 0.417. The van der Waals surface area contributed by atoms with Gasteiger partial charge < -0.3 is 10.2 Å². The summed E-state index contributed by atoms with van der Waals surface area (Å²) in [5.41, 5.74) is 0. The van der Waals surface area contributed by atoms with Crippen molar-refractivity contribution in [1.29, 1.82) is 0 Å². The molecule has 1 aliphatic heterocycles. The zero-order chi connectivity index (χ0) is 12.1. The lowest BCUT2D eigenvalue weighted by atomic mass is 10.4. The van der Waals surface area contributed by atoms with Crippen molar-refractivity contribution < 1.29 is 0 Å². The molecule has 1 N–H and O–H groups in total. The van der Waals surface area contributed by atoms with E-state index in [-0.39, 0.29) is 24.0 Å². The summed E-state index contributed by atoms with van der Waals surface area (Å²) in [6.07, 6.45) is 0. The number of hydrogen-bond acceptors (Lipinski definition) is 4. The van der Waals surface area contributed by atoms with Crippen LogP contribution in [-0.4, -0.2) is 43.3 Å². The number of likely N-dealkylation sites (N-methyl/N-ethyl adjacent to an activating group) is 1. The maximum absolute atomic E-state index is 5.83. The molecule has 0 spiro atoms. The van der Waals surface area contributed by atoms with Crippen LogP contribution in [0, 0.1) is 0 Å². The van der Waals surface area contributed by atoms with Gasteiger partial charge in [0.25, 0.3) is 0 Å². The molecule has 0 amide bonds. The molecule has 2 rings (SSSR count). The fourth-order valence-electron chi connectivity index (χ4n) is 1.59. The highest BCUT2D eigenvalue weighted by atomic mass is 127. The SMILES string of the molecule is CN1CCN=C1NCCSc1ccc(Cl)cc1.I. The van der Waals surface area contributed by atoms with E-state index >= 15 is 0 Å². The molecule has 0 bridgehead atoms. The minimum absolute atomic E-state index is 0. The highest BCUT2D eigenvalue weighted by molar-refractivity contribution is 14.0. The van der Waals surface area contributed by atoms with Gasteiger partial charge in [-0.2, -0.15) is 0 Å². The summed E-state index contributed by atoms with van der Waals surface area (Å²) < 4.78 is 0. The summed E-state index contributed by atoms with van der Waals surface area (Å²) >= 11 is 7.65. The Morgan fingerprint density at radius 2 is 2.11 bits per heavy atom. The van der Waals surface area contributed by atoms with Crippen LogP contribution in [0.5, 0.6) is 0 Å². The molecule has 0 aliphatic carbocycles. The van der Waals surface area contributed by atoms with Crippen molar-refractivity contribution in [2.24, 2.45) is 4.99 Å². The molecule has 18 heavy (non-hydrogen) atoms. The maximum atomic E-state index is 5.83. The Kier molecular flexibility index (Phi) is 7.18. The van der Waals surface area contributed by atoms with Crippen LogP contribution >= 0.6 is 47.3 Å². The highest BCUT2D eigenvalue weighted by Gasteiger charge is 2.10. The first-order valence-corrected chi connectivity index (χ1v) is 7.00. The second kappa shape index (κ2) is 8.12. The Bertz CT molecular complexity index is 397. The summed E-state index contributed by atoms with van der Waals surface area (Å²) in [5, 5.41) is 4.13. The molecule has 100 valence electrons. The summed E-state index contributed by atoms with van der Waals surface area (Å²) in [6.45, 7) is 2.85. The van der Waals surface area contributed by atoms with Crippen molar-refractivity contribution in [2.75, 3.05) is 32.4 Å². The quantitative estimate of drug-likeness (QED) is 0.481. The van der Waals surface area contributed by atoms with Crippen LogP contribution in [-0.2, 0) is 0 Å². The predicted molar refractivity (Wildman–Crippen MR) is 90.5 cm³/mol. The smallest absolute Gasteiger partial charge is 0.193 e. The van der Waals surface area contributed by atoms with E-state index in [1.54, 1.807) is 0 Å². The summed E-state index contributed by atoms with van der Waals surface area (Å²) in [6, 6.07) is 7.94. The lowest BCUT2D eigenvalue weighted by Gasteiger charge is -2.14. The van der Waals surface area contributed by atoms with E-state index in [2.05, 4.69) is 22.3 Å². The van der Waals surface area contributed by atoms with Gasteiger partial charge in [-0.15, -0.1) is 35.7 Å². The molecule has 0 saturated carbocycles. The molecule has 3 nitrogen and oxygen atoms in total. The van der Waals surface area contributed by atoms with E-state index < -0.39 is 0 Å². The topological polar surface area (TPSA) is 27.6 Å². The van der Waals surface area contributed by atoms with Crippen molar-refractivity contribution in [1.82, 2.24) is 10.2 Å². The number of nitrogens with one attached hydrogen (secondary N) is 1. The van der Waals surface area contributed by atoms with Crippen molar-refractivity contribution in [2.45, 2.75) is 4.90 Å². The third-order valence-electron chi connectivity index (χ3n) is 2.53. The average molecular weight is 398 g/mol. The summed E-state index contributed by atoms with van der Waals surface area (Å²) in [5.74, 6) is 2.04. The first-order valence-electron chi connectivity index (χ1n) is 5.63. The molecule has 1 heterocycles. The third-order valence-corrected chi connectivity index (χ3v) is 3.79. The van der Waals surface area contributed by atoms with Crippen LogP contribution < -0.4 is 5.32 Å². The molecule has 0 saturated heterocycles. The van der Waals surface area contributed by atoms with Gasteiger partial charge in [-0.1, -0.05) is 11.6 Å². The molecule has 0 radical (unpaired) electrons. The first kappa shape index (κ1) is 15.9. The molecular weight excluding hydrogens is 381 g/mol. The molecule has 0 aromatic heterocycles. The molecule has 1 aromatic carbocycles. The Hall–Kier alpha value is -0.140. The van der Waals surface area contributed by atoms with Crippen molar-refractivity contribution in [3.05, 3.63) is 29.3 Å². The van der Waals surface area contributed by atoms with Gasteiger partial charge in [-0.05, 0) is 24.3 Å². The van der Waals surface area contributed by atoms with Gasteiger partial charge >= 0.3 is 0 Å². The molecule has 0 atom stereocenters. The van der Waals surface area contributed by atoms with Crippen LogP contribution in [0.15, 0.2) is 34.2 Å². The number of halogens is 2. The lowest BCUT2D eigenvalue weighted by molar-refractivity contribution is 0.537. The van der Waals surface area contributed by atoms with E-state index in [1.165, 1.54) is 4.90 Å². The van der Waals surface area contributed by atoms with Crippen LogP contribution in [0.25, 0.3) is 0 Å². The van der Waals surface area contributed by atoms with Gasteiger partial charge in [0, 0.05) is 35.8 Å². The minimum Gasteiger partial charge on any atom is -0.355 e. The average Bonchev–Trinajstić information content (AvgIpc) is 2.73. The van der Waals surface area contributed by atoms with Crippen LogP contribution in [0.1, 0.15) is 0 Å². The molecule has 0 unspecified atom stereocenters. The number of nitrogens with zero attached hydrogens (tertiary/aromatic N) is 2. The minimum atomic E-state index is 0. The van der Waals surface area contributed by atoms with Crippen LogP contribution in [0.3, 0.4) is 0 Å². The molecule has 0 fully saturated rings. The van der Waals surface area contributed by atoms with E-state index in [4.69, 9.17) is 11.6 Å².